The lowest BCUT2D eigenvalue weighted by atomic mass is 10.0. The lowest BCUT2D eigenvalue weighted by Gasteiger charge is -2.31. The summed E-state index contributed by atoms with van der Waals surface area (Å²) in [5.74, 6) is 1.42. The molecule has 0 bridgehead atoms. The number of rotatable bonds is 8. The Morgan fingerprint density at radius 2 is 1.95 bits per heavy atom. The number of piperidine rings is 1. The molecule has 10 heteroatoms. The second-order valence-corrected chi connectivity index (χ2v) is 9.85. The number of pyridine rings is 1. The minimum atomic E-state index is -0.919. The third-order valence-electron chi connectivity index (χ3n) is 6.89. The van der Waals surface area contributed by atoms with Crippen molar-refractivity contribution < 1.29 is 19.4 Å². The van der Waals surface area contributed by atoms with E-state index in [2.05, 4.69) is 20.6 Å². The molecule has 5 rings (SSSR count). The van der Waals surface area contributed by atoms with Crippen LogP contribution in [0, 0.1) is 6.92 Å². The fourth-order valence-corrected chi connectivity index (χ4v) is 4.92. The van der Waals surface area contributed by atoms with Gasteiger partial charge in [0.15, 0.2) is 0 Å². The topological polar surface area (TPSA) is 130 Å². The van der Waals surface area contributed by atoms with Gasteiger partial charge in [-0.25, -0.2) is 19.7 Å². The van der Waals surface area contributed by atoms with Crippen LogP contribution in [-0.2, 0) is 4.79 Å². The maximum Gasteiger partial charge on any atom is 0.407 e. The van der Waals surface area contributed by atoms with Crippen LogP contribution in [0.2, 0.25) is 0 Å². The highest BCUT2D eigenvalue weighted by molar-refractivity contribution is 6.04. The van der Waals surface area contributed by atoms with Crippen molar-refractivity contribution in [2.75, 3.05) is 23.7 Å². The van der Waals surface area contributed by atoms with E-state index in [9.17, 15) is 14.7 Å². The molecule has 1 saturated heterocycles. The first kappa shape index (κ1) is 26.9. The molecule has 4 aromatic rings. The molecule has 1 unspecified atom stereocenters. The number of benzene rings is 2. The minimum Gasteiger partial charge on any atom is -0.465 e. The molecule has 1 aliphatic heterocycles. The first-order chi connectivity index (χ1) is 19.4. The molecule has 0 aliphatic carbocycles. The molecule has 1 atom stereocenters. The van der Waals surface area contributed by atoms with Crippen LogP contribution in [0.5, 0.6) is 11.6 Å². The number of nitrogens with zero attached hydrogens (tertiary/aromatic N) is 4. The third kappa shape index (κ3) is 5.96. The lowest BCUT2D eigenvalue weighted by Crippen LogP contribution is -2.44. The monoisotopic (exact) mass is 540 g/mol. The number of likely N-dealkylation sites (tertiary alicyclic amines) is 1. The summed E-state index contributed by atoms with van der Waals surface area (Å²) in [6, 6.07) is 15.1. The van der Waals surface area contributed by atoms with Gasteiger partial charge in [-0.3, -0.25) is 4.79 Å². The number of carbonyl (C=O) groups excluding carboxylic acids is 1. The van der Waals surface area contributed by atoms with Gasteiger partial charge in [0, 0.05) is 54.4 Å². The summed E-state index contributed by atoms with van der Waals surface area (Å²) in [4.78, 5) is 38.7. The van der Waals surface area contributed by atoms with E-state index in [1.807, 2.05) is 56.3 Å². The molecular weight excluding hydrogens is 508 g/mol. The summed E-state index contributed by atoms with van der Waals surface area (Å²) in [6.07, 6.45) is 5.24. The van der Waals surface area contributed by atoms with Gasteiger partial charge < -0.3 is 25.4 Å². The zero-order valence-corrected chi connectivity index (χ0v) is 22.6. The average molecular weight is 541 g/mol. The Kier molecular flexibility index (Phi) is 8.04. The zero-order chi connectivity index (χ0) is 28.1. The van der Waals surface area contributed by atoms with Gasteiger partial charge in [0.1, 0.15) is 5.75 Å². The number of hydrogen-bond donors (Lipinski definition) is 3. The number of anilines is 2. The van der Waals surface area contributed by atoms with E-state index in [4.69, 9.17) is 9.72 Å². The van der Waals surface area contributed by atoms with Crippen molar-refractivity contribution in [1.82, 2.24) is 19.9 Å². The van der Waals surface area contributed by atoms with Crippen LogP contribution >= 0.6 is 0 Å². The van der Waals surface area contributed by atoms with Crippen molar-refractivity contribution in [2.45, 2.75) is 45.6 Å². The van der Waals surface area contributed by atoms with Crippen molar-refractivity contribution >= 4 is 34.4 Å². The highest BCUT2D eigenvalue weighted by Crippen LogP contribution is 2.38. The molecule has 0 radical (unpaired) electrons. The summed E-state index contributed by atoms with van der Waals surface area (Å²) in [5, 5.41) is 17.4. The van der Waals surface area contributed by atoms with Crippen LogP contribution in [0.3, 0.4) is 0 Å². The second kappa shape index (κ2) is 12.0. The summed E-state index contributed by atoms with van der Waals surface area (Å²) >= 11 is 0. The van der Waals surface area contributed by atoms with Crippen molar-refractivity contribution in [3.8, 4) is 22.9 Å². The smallest absolute Gasteiger partial charge is 0.407 e. The Hall–Kier alpha value is -4.73. The van der Waals surface area contributed by atoms with E-state index in [0.717, 1.165) is 41.3 Å². The predicted molar refractivity (Wildman–Crippen MR) is 154 cm³/mol. The van der Waals surface area contributed by atoms with Gasteiger partial charge in [-0.1, -0.05) is 31.2 Å². The molecule has 1 fully saturated rings. The van der Waals surface area contributed by atoms with Gasteiger partial charge in [0.25, 0.3) is 0 Å². The molecular formula is C30H32N6O4. The Balaban J connectivity index is 1.44. The number of hydrogen-bond acceptors (Lipinski definition) is 7. The average Bonchev–Trinajstić information content (AvgIpc) is 2.95. The molecule has 2 amide bonds. The van der Waals surface area contributed by atoms with E-state index in [0.29, 0.717) is 48.3 Å². The van der Waals surface area contributed by atoms with Gasteiger partial charge in [-0.05, 0) is 56.0 Å². The first-order valence-corrected chi connectivity index (χ1v) is 13.5. The maximum atomic E-state index is 12.3. The summed E-state index contributed by atoms with van der Waals surface area (Å²) in [5.41, 5.74) is 2.97. The Morgan fingerprint density at radius 1 is 1.07 bits per heavy atom. The Labute approximate surface area is 232 Å². The number of fused-ring (bicyclic) bond motifs is 1. The largest absolute Gasteiger partial charge is 0.465 e. The number of carboxylic acid groups (broad SMARTS) is 1. The molecule has 40 heavy (non-hydrogen) atoms. The molecule has 206 valence electrons. The van der Waals surface area contributed by atoms with E-state index in [1.165, 1.54) is 4.90 Å². The second-order valence-electron chi connectivity index (χ2n) is 9.85. The van der Waals surface area contributed by atoms with Gasteiger partial charge in [-0.15, -0.1) is 0 Å². The van der Waals surface area contributed by atoms with Gasteiger partial charge in [0.2, 0.25) is 17.7 Å². The third-order valence-corrected chi connectivity index (χ3v) is 6.89. The minimum absolute atomic E-state index is 0.0258. The van der Waals surface area contributed by atoms with Crippen LogP contribution in [0.4, 0.5) is 16.4 Å². The molecule has 0 spiro atoms. The standard InChI is InChI=1S/C30H32N6O4/c1-3-7-26(37)34-24-11-4-9-22-21(24)13-12-19(2)27(22)40-28-23(10-5-15-31-28)25-14-16-32-29(35-25)33-20-8-6-17-36(18-20)30(38)39/h4-5,9-16,20H,3,6-8,17-18H2,1-2H3,(H,34,37)(H,38,39)(H,32,33,35). The highest BCUT2D eigenvalue weighted by atomic mass is 16.5. The van der Waals surface area contributed by atoms with E-state index in [-0.39, 0.29) is 11.9 Å². The van der Waals surface area contributed by atoms with Crippen molar-refractivity contribution in [1.29, 1.82) is 0 Å². The zero-order valence-electron chi connectivity index (χ0n) is 22.6. The van der Waals surface area contributed by atoms with Crippen molar-refractivity contribution in [3.63, 3.8) is 0 Å². The van der Waals surface area contributed by atoms with Crippen LogP contribution in [0.1, 0.15) is 38.2 Å². The van der Waals surface area contributed by atoms with E-state index < -0.39 is 6.09 Å². The summed E-state index contributed by atoms with van der Waals surface area (Å²) in [7, 11) is 0. The van der Waals surface area contributed by atoms with E-state index >= 15 is 0 Å². The van der Waals surface area contributed by atoms with Gasteiger partial charge in [-0.2, -0.15) is 0 Å². The fourth-order valence-electron chi connectivity index (χ4n) is 4.92. The first-order valence-electron chi connectivity index (χ1n) is 13.5. The van der Waals surface area contributed by atoms with Crippen LogP contribution in [0.25, 0.3) is 22.0 Å². The molecule has 3 heterocycles. The maximum absolute atomic E-state index is 12.3. The Bertz CT molecular complexity index is 1540. The molecule has 2 aromatic heterocycles. The number of aryl methyl sites for hydroxylation is 1. The molecule has 3 N–H and O–H groups in total. The van der Waals surface area contributed by atoms with Crippen LogP contribution < -0.4 is 15.4 Å². The van der Waals surface area contributed by atoms with Crippen LogP contribution in [-0.4, -0.2) is 56.1 Å². The molecule has 0 saturated carbocycles. The molecule has 1 aliphatic rings. The number of nitrogens with one attached hydrogen (secondary N) is 2. The van der Waals surface area contributed by atoms with E-state index in [1.54, 1.807) is 18.5 Å². The highest BCUT2D eigenvalue weighted by Gasteiger charge is 2.24. The fraction of sp³-hybridized carbons (Fsp3) is 0.300. The summed E-state index contributed by atoms with van der Waals surface area (Å²) < 4.78 is 6.47. The van der Waals surface area contributed by atoms with Crippen molar-refractivity contribution in [3.05, 3.63) is 66.5 Å². The molecule has 10 nitrogen and oxygen atoms in total. The van der Waals surface area contributed by atoms with Crippen molar-refractivity contribution in [2.24, 2.45) is 0 Å². The Morgan fingerprint density at radius 3 is 2.77 bits per heavy atom. The predicted octanol–water partition coefficient (Wildman–Crippen LogP) is 6.09. The number of carbonyl (C=O) groups is 2. The number of ether oxygens (including phenoxy) is 1. The number of aromatic nitrogens is 3. The quantitative estimate of drug-likeness (QED) is 0.245. The van der Waals surface area contributed by atoms with Gasteiger partial charge >= 0.3 is 6.09 Å². The SMILES string of the molecule is CCCC(=O)Nc1cccc2c(Oc3ncccc3-c3ccnc(NC4CCCN(C(=O)O)C4)n3)c(C)ccc12. The van der Waals surface area contributed by atoms with Crippen LogP contribution in [0.15, 0.2) is 60.9 Å². The normalized spacial score (nSPS) is 15.1. The summed E-state index contributed by atoms with van der Waals surface area (Å²) in [6.45, 7) is 4.86. The van der Waals surface area contributed by atoms with Gasteiger partial charge in [0.05, 0.1) is 11.3 Å². The molecule has 2 aromatic carbocycles. The number of amides is 2. The lowest BCUT2D eigenvalue weighted by molar-refractivity contribution is -0.116.